The van der Waals surface area contributed by atoms with Gasteiger partial charge in [0.15, 0.2) is 0 Å². The molecule has 2 aromatic rings. The molecule has 0 saturated carbocycles. The summed E-state index contributed by atoms with van der Waals surface area (Å²) in [7, 11) is 1.99. The Kier molecular flexibility index (Phi) is 3.49. The number of nitrogens with zero attached hydrogens (tertiary/aromatic N) is 1. The van der Waals surface area contributed by atoms with Crippen molar-refractivity contribution >= 4 is 16.8 Å². The highest BCUT2D eigenvalue weighted by molar-refractivity contribution is 5.98. The topological polar surface area (TPSA) is 43.3 Å². The normalized spacial score (nSPS) is 21.4. The van der Waals surface area contributed by atoms with Crippen molar-refractivity contribution in [3.05, 3.63) is 36.0 Å². The lowest BCUT2D eigenvalue weighted by Crippen LogP contribution is -2.45. The van der Waals surface area contributed by atoms with Crippen LogP contribution in [0.25, 0.3) is 10.9 Å². The average Bonchev–Trinajstić information content (AvgIpc) is 2.79. The highest BCUT2D eigenvalue weighted by atomic mass is 16.5. The number of nitrogens with one attached hydrogen (secondary N) is 1. The number of hydrogen-bond acceptors (Lipinski definition) is 2. The second-order valence-electron chi connectivity index (χ2n) is 6.47. The molecule has 1 aliphatic rings. The zero-order valence-electron chi connectivity index (χ0n) is 12.8. The minimum Gasteiger partial charge on any atom is -0.375 e. The maximum atomic E-state index is 12.4. The Hall–Kier alpha value is -1.81. The zero-order valence-corrected chi connectivity index (χ0v) is 12.8. The summed E-state index contributed by atoms with van der Waals surface area (Å²) in [5.74, 6) is 0.000741. The van der Waals surface area contributed by atoms with Crippen LogP contribution in [0.15, 0.2) is 30.5 Å². The summed E-state index contributed by atoms with van der Waals surface area (Å²) in [6, 6.07) is 8.08. The molecule has 2 heterocycles. The molecule has 4 nitrogen and oxygen atoms in total. The fourth-order valence-electron chi connectivity index (χ4n) is 3.03. The van der Waals surface area contributed by atoms with Crippen molar-refractivity contribution in [3.63, 3.8) is 0 Å². The molecule has 1 amide bonds. The smallest absolute Gasteiger partial charge is 0.251 e. The van der Waals surface area contributed by atoms with Crippen molar-refractivity contribution in [2.24, 2.45) is 7.05 Å². The van der Waals surface area contributed by atoms with Gasteiger partial charge in [0.1, 0.15) is 0 Å². The van der Waals surface area contributed by atoms with Crippen LogP contribution in [0.5, 0.6) is 0 Å². The number of amides is 1. The molecule has 3 rings (SSSR count). The van der Waals surface area contributed by atoms with Crippen LogP contribution in [0.4, 0.5) is 0 Å². The second-order valence-corrected chi connectivity index (χ2v) is 6.47. The molecular formula is C17H22N2O2. The number of benzene rings is 1. The van der Waals surface area contributed by atoms with E-state index in [4.69, 9.17) is 4.74 Å². The Morgan fingerprint density at radius 3 is 2.95 bits per heavy atom. The molecule has 0 radical (unpaired) electrons. The molecule has 1 saturated heterocycles. The predicted molar refractivity (Wildman–Crippen MR) is 83.4 cm³/mol. The van der Waals surface area contributed by atoms with Gasteiger partial charge in [-0.2, -0.15) is 0 Å². The van der Waals surface area contributed by atoms with E-state index in [9.17, 15) is 4.79 Å². The third-order valence-electron chi connectivity index (χ3n) is 4.18. The summed E-state index contributed by atoms with van der Waals surface area (Å²) >= 11 is 0. The number of carbonyl (C=O) groups is 1. The predicted octanol–water partition coefficient (Wildman–Crippen LogP) is 2.87. The highest BCUT2D eigenvalue weighted by Crippen LogP contribution is 2.24. The SMILES string of the molecule is Cn1ccc2ccc(C(=O)NC3CCOC(C)(C)C3)cc21. The van der Waals surface area contributed by atoms with Gasteiger partial charge in [0.2, 0.25) is 0 Å². The van der Waals surface area contributed by atoms with Gasteiger partial charge in [-0.3, -0.25) is 4.79 Å². The Labute approximate surface area is 125 Å². The second kappa shape index (κ2) is 5.19. The van der Waals surface area contributed by atoms with Crippen molar-refractivity contribution in [3.8, 4) is 0 Å². The van der Waals surface area contributed by atoms with Crippen molar-refractivity contribution in [1.29, 1.82) is 0 Å². The summed E-state index contributed by atoms with van der Waals surface area (Å²) in [6.07, 6.45) is 3.74. The van der Waals surface area contributed by atoms with Gasteiger partial charge in [0, 0.05) is 37.0 Å². The van der Waals surface area contributed by atoms with Crippen molar-refractivity contribution in [2.75, 3.05) is 6.61 Å². The molecule has 4 heteroatoms. The van der Waals surface area contributed by atoms with Crippen molar-refractivity contribution in [1.82, 2.24) is 9.88 Å². The van der Waals surface area contributed by atoms with Crippen LogP contribution in [0.1, 0.15) is 37.0 Å². The third-order valence-corrected chi connectivity index (χ3v) is 4.18. The van der Waals surface area contributed by atoms with Crippen LogP contribution in [0.2, 0.25) is 0 Å². The van der Waals surface area contributed by atoms with Gasteiger partial charge in [0.05, 0.1) is 5.60 Å². The first-order valence-electron chi connectivity index (χ1n) is 7.44. The summed E-state index contributed by atoms with van der Waals surface area (Å²) in [4.78, 5) is 12.4. The molecule has 0 bridgehead atoms. The first-order chi connectivity index (χ1) is 9.94. The molecule has 1 N–H and O–H groups in total. The van der Waals surface area contributed by atoms with Crippen LogP contribution < -0.4 is 5.32 Å². The summed E-state index contributed by atoms with van der Waals surface area (Å²) in [5.41, 5.74) is 1.64. The molecule has 112 valence electrons. The van der Waals surface area contributed by atoms with Crippen LogP contribution in [0.3, 0.4) is 0 Å². The molecule has 0 aliphatic carbocycles. The third kappa shape index (κ3) is 2.95. The van der Waals surface area contributed by atoms with Gasteiger partial charge < -0.3 is 14.6 Å². The van der Waals surface area contributed by atoms with E-state index in [1.165, 1.54) is 0 Å². The Morgan fingerprint density at radius 1 is 1.38 bits per heavy atom. The summed E-state index contributed by atoms with van der Waals surface area (Å²) < 4.78 is 7.72. The zero-order chi connectivity index (χ0) is 15.0. The van der Waals surface area contributed by atoms with E-state index in [1.54, 1.807) is 0 Å². The molecule has 1 fully saturated rings. The molecule has 21 heavy (non-hydrogen) atoms. The number of hydrogen-bond donors (Lipinski definition) is 1. The maximum Gasteiger partial charge on any atom is 0.251 e. The molecule has 1 aromatic carbocycles. The Balaban J connectivity index is 1.76. The quantitative estimate of drug-likeness (QED) is 0.922. The molecule has 0 spiro atoms. The van der Waals surface area contributed by atoms with Crippen molar-refractivity contribution < 1.29 is 9.53 Å². The summed E-state index contributed by atoms with van der Waals surface area (Å²) in [6.45, 7) is 4.84. The fourth-order valence-corrected chi connectivity index (χ4v) is 3.03. The monoisotopic (exact) mass is 286 g/mol. The van der Waals surface area contributed by atoms with Gasteiger partial charge in [-0.05, 0) is 50.3 Å². The number of rotatable bonds is 2. The largest absolute Gasteiger partial charge is 0.375 e. The Bertz CT molecular complexity index is 672. The number of carbonyl (C=O) groups excluding carboxylic acids is 1. The van der Waals surface area contributed by atoms with Gasteiger partial charge in [-0.1, -0.05) is 6.07 Å². The minimum absolute atomic E-state index is 0.000741. The van der Waals surface area contributed by atoms with Crippen LogP contribution >= 0.6 is 0 Å². The average molecular weight is 286 g/mol. The van der Waals surface area contributed by atoms with Gasteiger partial charge >= 0.3 is 0 Å². The maximum absolute atomic E-state index is 12.4. The summed E-state index contributed by atoms with van der Waals surface area (Å²) in [5, 5.41) is 4.29. The molecular weight excluding hydrogens is 264 g/mol. The number of aryl methyl sites for hydroxylation is 1. The van der Waals surface area contributed by atoms with E-state index in [-0.39, 0.29) is 17.6 Å². The molecule has 1 aliphatic heterocycles. The molecule has 1 aromatic heterocycles. The lowest BCUT2D eigenvalue weighted by Gasteiger charge is -2.35. The number of fused-ring (bicyclic) bond motifs is 1. The number of aromatic nitrogens is 1. The minimum atomic E-state index is -0.154. The van der Waals surface area contributed by atoms with Crippen LogP contribution in [-0.2, 0) is 11.8 Å². The van der Waals surface area contributed by atoms with Gasteiger partial charge in [-0.25, -0.2) is 0 Å². The lowest BCUT2D eigenvalue weighted by atomic mass is 9.93. The van der Waals surface area contributed by atoms with Gasteiger partial charge in [0.25, 0.3) is 5.91 Å². The fraction of sp³-hybridized carbons (Fsp3) is 0.471. The van der Waals surface area contributed by atoms with E-state index in [0.717, 1.165) is 23.7 Å². The first kappa shape index (κ1) is 14.1. The number of ether oxygens (including phenoxy) is 1. The van der Waals surface area contributed by atoms with E-state index < -0.39 is 0 Å². The van der Waals surface area contributed by atoms with E-state index >= 15 is 0 Å². The standard InChI is InChI=1S/C17H22N2O2/c1-17(2)11-14(7-9-21-17)18-16(20)13-5-4-12-6-8-19(3)15(12)10-13/h4-6,8,10,14H,7,9,11H2,1-3H3,(H,18,20). The van der Waals surface area contributed by atoms with E-state index in [1.807, 2.05) is 36.0 Å². The van der Waals surface area contributed by atoms with E-state index in [2.05, 4.69) is 25.2 Å². The van der Waals surface area contributed by atoms with Gasteiger partial charge in [-0.15, -0.1) is 0 Å². The molecule has 1 atom stereocenters. The van der Waals surface area contributed by atoms with Crippen LogP contribution in [-0.4, -0.2) is 28.7 Å². The highest BCUT2D eigenvalue weighted by Gasteiger charge is 2.29. The van der Waals surface area contributed by atoms with E-state index in [0.29, 0.717) is 12.2 Å². The lowest BCUT2D eigenvalue weighted by molar-refractivity contribution is -0.0615. The van der Waals surface area contributed by atoms with Crippen LogP contribution in [0, 0.1) is 0 Å². The Morgan fingerprint density at radius 2 is 2.19 bits per heavy atom. The van der Waals surface area contributed by atoms with Crippen molar-refractivity contribution in [2.45, 2.75) is 38.3 Å². The first-order valence-corrected chi connectivity index (χ1v) is 7.44. The molecule has 1 unspecified atom stereocenters.